The van der Waals surface area contributed by atoms with Crippen LogP contribution < -0.4 is 15.2 Å². The Labute approximate surface area is 177 Å². The average molecular weight is 405 g/mol. The standard InChI is InChI=1S/C25H28N2O3/c1-24(2,3)14-28-18-9-11-22-20(13-18)25(15-29-23(26)27-25)19-12-17(8-10-21(19)30-22)16-6-4-5-7-16/h6,8-13H,4-5,7,14-15H2,1-3H3,(H2,26,27)/t25-/m0/s1. The molecular formula is C25H28N2O3. The van der Waals surface area contributed by atoms with Crippen LogP contribution in [-0.4, -0.2) is 19.2 Å². The molecule has 5 nitrogen and oxygen atoms in total. The van der Waals surface area contributed by atoms with Crippen LogP contribution in [0.25, 0.3) is 5.57 Å². The number of hydrogen-bond donors (Lipinski definition) is 1. The van der Waals surface area contributed by atoms with Gasteiger partial charge in [0.1, 0.15) is 23.9 Å². The fourth-order valence-corrected chi connectivity index (χ4v) is 4.36. The maximum absolute atomic E-state index is 6.28. The van der Waals surface area contributed by atoms with Gasteiger partial charge in [-0.1, -0.05) is 32.9 Å². The molecule has 1 atom stereocenters. The molecule has 0 amide bonds. The molecule has 0 aromatic heterocycles. The lowest BCUT2D eigenvalue weighted by molar-refractivity contribution is 0.197. The van der Waals surface area contributed by atoms with E-state index in [9.17, 15) is 0 Å². The van der Waals surface area contributed by atoms with Crippen molar-refractivity contribution in [2.24, 2.45) is 16.1 Å². The second-order valence-electron chi connectivity index (χ2n) is 9.54. The molecule has 2 N–H and O–H groups in total. The van der Waals surface area contributed by atoms with E-state index in [0.717, 1.165) is 41.2 Å². The molecule has 2 heterocycles. The van der Waals surface area contributed by atoms with Gasteiger partial charge < -0.3 is 19.9 Å². The van der Waals surface area contributed by atoms with Crippen molar-refractivity contribution in [1.29, 1.82) is 0 Å². The van der Waals surface area contributed by atoms with Crippen molar-refractivity contribution in [2.45, 2.75) is 45.6 Å². The number of rotatable bonds is 3. The van der Waals surface area contributed by atoms with Crippen molar-refractivity contribution in [3.8, 4) is 17.2 Å². The highest BCUT2D eigenvalue weighted by molar-refractivity contribution is 5.78. The Morgan fingerprint density at radius 3 is 2.53 bits per heavy atom. The van der Waals surface area contributed by atoms with Crippen LogP contribution in [0.4, 0.5) is 0 Å². The first kappa shape index (κ1) is 19.0. The van der Waals surface area contributed by atoms with Crippen molar-refractivity contribution in [1.82, 2.24) is 0 Å². The Balaban J connectivity index is 1.61. The lowest BCUT2D eigenvalue weighted by Gasteiger charge is -2.34. The zero-order valence-electron chi connectivity index (χ0n) is 17.8. The van der Waals surface area contributed by atoms with E-state index in [-0.39, 0.29) is 11.4 Å². The summed E-state index contributed by atoms with van der Waals surface area (Å²) in [5, 5.41) is 0. The van der Waals surface area contributed by atoms with Crippen LogP contribution in [0.2, 0.25) is 0 Å². The molecule has 5 rings (SSSR count). The van der Waals surface area contributed by atoms with Gasteiger partial charge in [0, 0.05) is 11.1 Å². The van der Waals surface area contributed by atoms with E-state index in [1.54, 1.807) is 0 Å². The second kappa shape index (κ2) is 6.79. The molecule has 0 saturated carbocycles. The van der Waals surface area contributed by atoms with Gasteiger partial charge in [-0.15, -0.1) is 0 Å². The number of ether oxygens (including phenoxy) is 3. The van der Waals surface area contributed by atoms with Gasteiger partial charge in [0.2, 0.25) is 0 Å². The zero-order chi connectivity index (χ0) is 20.9. The highest BCUT2D eigenvalue weighted by Crippen LogP contribution is 2.52. The number of aliphatic imine (C=N–C) groups is 1. The Morgan fingerprint density at radius 1 is 1.10 bits per heavy atom. The molecule has 0 fully saturated rings. The normalized spacial score (nSPS) is 22.0. The van der Waals surface area contributed by atoms with Gasteiger partial charge in [-0.3, -0.25) is 0 Å². The Bertz CT molecular complexity index is 1060. The molecule has 1 spiro atoms. The summed E-state index contributed by atoms with van der Waals surface area (Å²) in [5.41, 5.74) is 9.89. The number of hydrogen-bond acceptors (Lipinski definition) is 5. The third-order valence-electron chi connectivity index (χ3n) is 5.86. The second-order valence-corrected chi connectivity index (χ2v) is 9.54. The summed E-state index contributed by atoms with van der Waals surface area (Å²) < 4.78 is 18.0. The third kappa shape index (κ3) is 3.22. The molecule has 30 heavy (non-hydrogen) atoms. The maximum atomic E-state index is 6.28. The number of nitrogens with zero attached hydrogens (tertiary/aromatic N) is 1. The van der Waals surface area contributed by atoms with Gasteiger partial charge >= 0.3 is 0 Å². The number of nitrogens with two attached hydrogens (primary N) is 1. The van der Waals surface area contributed by atoms with Gasteiger partial charge in [-0.05, 0) is 66.1 Å². The summed E-state index contributed by atoms with van der Waals surface area (Å²) >= 11 is 0. The molecule has 156 valence electrons. The topological polar surface area (TPSA) is 66.1 Å². The monoisotopic (exact) mass is 404 g/mol. The minimum absolute atomic E-state index is 0.0691. The quantitative estimate of drug-likeness (QED) is 0.746. The first-order valence-corrected chi connectivity index (χ1v) is 10.6. The lowest BCUT2D eigenvalue weighted by Crippen LogP contribution is -2.31. The van der Waals surface area contributed by atoms with Crippen LogP contribution in [0.3, 0.4) is 0 Å². The summed E-state index contributed by atoms with van der Waals surface area (Å²) in [6.45, 7) is 7.44. The number of amidine groups is 1. The maximum Gasteiger partial charge on any atom is 0.283 e. The van der Waals surface area contributed by atoms with Crippen LogP contribution in [0.1, 0.15) is 56.7 Å². The van der Waals surface area contributed by atoms with Crippen molar-refractivity contribution in [3.05, 3.63) is 59.2 Å². The van der Waals surface area contributed by atoms with E-state index >= 15 is 0 Å². The van der Waals surface area contributed by atoms with Crippen molar-refractivity contribution in [3.63, 3.8) is 0 Å². The molecule has 5 heteroatoms. The Kier molecular flexibility index (Phi) is 4.31. The molecule has 1 aliphatic carbocycles. The molecule has 0 saturated heterocycles. The van der Waals surface area contributed by atoms with E-state index in [1.165, 1.54) is 17.6 Å². The summed E-state index contributed by atoms with van der Waals surface area (Å²) in [4.78, 5) is 4.80. The molecule has 2 aliphatic heterocycles. The van der Waals surface area contributed by atoms with Gasteiger partial charge in [-0.25, -0.2) is 4.99 Å². The lowest BCUT2D eigenvalue weighted by atomic mass is 9.80. The number of allylic oxidation sites excluding steroid dienone is 2. The number of fused-ring (bicyclic) bond motifs is 4. The third-order valence-corrected chi connectivity index (χ3v) is 5.86. The zero-order valence-corrected chi connectivity index (χ0v) is 17.8. The minimum Gasteiger partial charge on any atom is -0.493 e. The molecule has 2 aromatic carbocycles. The Morgan fingerprint density at radius 2 is 1.87 bits per heavy atom. The van der Waals surface area contributed by atoms with Gasteiger partial charge in [0.25, 0.3) is 6.02 Å². The predicted octanol–water partition coefficient (Wildman–Crippen LogP) is 5.37. The highest BCUT2D eigenvalue weighted by atomic mass is 16.5. The van der Waals surface area contributed by atoms with Crippen LogP contribution in [-0.2, 0) is 10.3 Å². The van der Waals surface area contributed by atoms with Gasteiger partial charge in [0.05, 0.1) is 6.61 Å². The van der Waals surface area contributed by atoms with E-state index < -0.39 is 5.54 Å². The van der Waals surface area contributed by atoms with E-state index in [0.29, 0.717) is 13.2 Å². The van der Waals surface area contributed by atoms with Gasteiger partial charge in [-0.2, -0.15) is 0 Å². The summed E-state index contributed by atoms with van der Waals surface area (Å²) in [5.74, 6) is 2.36. The Hall–Kier alpha value is -2.95. The predicted molar refractivity (Wildman–Crippen MR) is 118 cm³/mol. The molecular weight excluding hydrogens is 376 g/mol. The van der Waals surface area contributed by atoms with E-state index in [1.807, 2.05) is 24.3 Å². The van der Waals surface area contributed by atoms with Crippen LogP contribution in [0, 0.1) is 5.41 Å². The average Bonchev–Trinajstić information content (AvgIpc) is 3.37. The number of benzene rings is 2. The largest absolute Gasteiger partial charge is 0.493 e. The van der Waals surface area contributed by atoms with Crippen LogP contribution >= 0.6 is 0 Å². The fourth-order valence-electron chi connectivity index (χ4n) is 4.36. The minimum atomic E-state index is -0.719. The van der Waals surface area contributed by atoms with Crippen LogP contribution in [0.15, 0.2) is 47.5 Å². The first-order valence-electron chi connectivity index (χ1n) is 10.6. The van der Waals surface area contributed by atoms with Crippen molar-refractivity contribution < 1.29 is 14.2 Å². The van der Waals surface area contributed by atoms with Crippen molar-refractivity contribution in [2.75, 3.05) is 13.2 Å². The summed E-state index contributed by atoms with van der Waals surface area (Å²) in [6, 6.07) is 12.5. The molecule has 0 bridgehead atoms. The molecule has 2 aromatic rings. The van der Waals surface area contributed by atoms with E-state index in [4.69, 9.17) is 24.9 Å². The van der Waals surface area contributed by atoms with Gasteiger partial charge in [0.15, 0.2) is 5.54 Å². The smallest absolute Gasteiger partial charge is 0.283 e. The van der Waals surface area contributed by atoms with E-state index in [2.05, 4.69) is 39.0 Å². The SMILES string of the molecule is CC(C)(C)COc1ccc2c(c1)[C@]1(COC(N)=N1)c1cc(C3=CCCC3)ccc1O2. The highest BCUT2D eigenvalue weighted by Gasteiger charge is 2.47. The summed E-state index contributed by atoms with van der Waals surface area (Å²) in [6.07, 6.45) is 5.78. The summed E-state index contributed by atoms with van der Waals surface area (Å²) in [7, 11) is 0. The van der Waals surface area contributed by atoms with Crippen molar-refractivity contribution >= 4 is 11.6 Å². The first-order chi connectivity index (χ1) is 14.3. The van der Waals surface area contributed by atoms with Crippen LogP contribution in [0.5, 0.6) is 17.2 Å². The fraction of sp³-hybridized carbons (Fsp3) is 0.400. The molecule has 0 radical (unpaired) electrons. The molecule has 0 unspecified atom stereocenters. The molecule has 3 aliphatic rings.